The Kier molecular flexibility index (Phi) is 3.21. The quantitative estimate of drug-likeness (QED) is 0.562. The molecule has 24 heavy (non-hydrogen) atoms. The Balaban J connectivity index is 1.94. The maximum atomic E-state index is 9.33. The molecule has 0 radical (unpaired) electrons. The van der Waals surface area contributed by atoms with Gasteiger partial charge < -0.3 is 5.73 Å². The number of para-hydroxylation sites is 2. The van der Waals surface area contributed by atoms with E-state index in [-0.39, 0.29) is 5.82 Å². The molecule has 7 heteroatoms. The molecule has 7 nitrogen and oxygen atoms in total. The zero-order valence-corrected chi connectivity index (χ0v) is 12.6. The Labute approximate surface area is 136 Å². The van der Waals surface area contributed by atoms with E-state index in [1.54, 1.807) is 6.07 Å². The van der Waals surface area contributed by atoms with E-state index in [1.165, 1.54) is 0 Å². The molecule has 0 bridgehead atoms. The Morgan fingerprint density at radius 3 is 2.71 bits per heavy atom. The van der Waals surface area contributed by atoms with E-state index in [2.05, 4.69) is 21.4 Å². The summed E-state index contributed by atoms with van der Waals surface area (Å²) in [4.78, 5) is 3.30. The number of anilines is 1. The molecule has 0 aliphatic carbocycles. The maximum Gasteiger partial charge on any atom is 0.314 e. The van der Waals surface area contributed by atoms with Gasteiger partial charge in [-0.3, -0.25) is 0 Å². The summed E-state index contributed by atoms with van der Waals surface area (Å²) in [5, 5.41) is 16.9. The van der Waals surface area contributed by atoms with Crippen LogP contribution in [0.5, 0.6) is 0 Å². The summed E-state index contributed by atoms with van der Waals surface area (Å²) >= 11 is 0. The van der Waals surface area contributed by atoms with Gasteiger partial charge >= 0.3 is 5.82 Å². The second kappa shape index (κ2) is 5.52. The number of hydrogen-bond donors (Lipinski definition) is 2. The molecule has 0 unspecified atom stereocenters. The number of nitrogens with two attached hydrogens (primary N) is 1. The molecule has 0 fully saturated rings. The van der Waals surface area contributed by atoms with Crippen LogP contribution in [0.2, 0.25) is 0 Å². The molecule has 0 atom stereocenters. The molecule has 2 heterocycles. The van der Waals surface area contributed by atoms with Gasteiger partial charge in [-0.05, 0) is 28.5 Å². The molecular formula is C17H13N6O+. The highest BCUT2D eigenvalue weighted by molar-refractivity contribution is 5.75. The summed E-state index contributed by atoms with van der Waals surface area (Å²) in [6, 6.07) is 17.6. The molecule has 0 amide bonds. The van der Waals surface area contributed by atoms with Crippen LogP contribution < -0.4 is 10.3 Å². The number of nitrogens with one attached hydrogen (secondary N) is 1. The van der Waals surface area contributed by atoms with E-state index < -0.39 is 0 Å². The van der Waals surface area contributed by atoms with Crippen molar-refractivity contribution >= 4 is 16.9 Å². The summed E-state index contributed by atoms with van der Waals surface area (Å²) in [7, 11) is 0. The first kappa shape index (κ1) is 14.0. The Morgan fingerprint density at radius 2 is 1.92 bits per heavy atom. The largest absolute Gasteiger partial charge is 0.379 e. The molecule has 0 spiro atoms. The highest BCUT2D eigenvalue weighted by atomic mass is 16.6. The second-order valence-corrected chi connectivity index (χ2v) is 5.34. The number of benzene rings is 2. The summed E-state index contributed by atoms with van der Waals surface area (Å²) in [6.45, 7) is 0.495. The zero-order valence-electron chi connectivity index (χ0n) is 12.6. The van der Waals surface area contributed by atoms with Crippen LogP contribution in [0.1, 0.15) is 11.1 Å². The maximum absolute atomic E-state index is 9.33. The van der Waals surface area contributed by atoms with Crippen molar-refractivity contribution in [2.75, 3.05) is 5.73 Å². The van der Waals surface area contributed by atoms with Crippen molar-refractivity contribution in [2.24, 2.45) is 0 Å². The molecule has 2 aromatic heterocycles. The predicted molar refractivity (Wildman–Crippen MR) is 86.5 cm³/mol. The molecular weight excluding hydrogens is 304 g/mol. The monoisotopic (exact) mass is 317 g/mol. The molecule has 3 N–H and O–H groups in total. The van der Waals surface area contributed by atoms with Gasteiger partial charge in [0.15, 0.2) is 11.0 Å². The summed E-state index contributed by atoms with van der Waals surface area (Å²) in [6.07, 6.45) is 0. The number of fused-ring (bicyclic) bond motifs is 1. The topological polar surface area (TPSA) is 108 Å². The van der Waals surface area contributed by atoms with E-state index in [0.717, 1.165) is 16.6 Å². The van der Waals surface area contributed by atoms with Crippen molar-refractivity contribution in [3.8, 4) is 17.6 Å². The van der Waals surface area contributed by atoms with Crippen LogP contribution in [-0.4, -0.2) is 15.3 Å². The van der Waals surface area contributed by atoms with E-state index in [4.69, 9.17) is 10.4 Å². The van der Waals surface area contributed by atoms with E-state index >= 15 is 0 Å². The first-order valence-electron chi connectivity index (χ1n) is 7.35. The fraction of sp³-hybridized carbons (Fsp3) is 0.0588. The molecule has 0 saturated heterocycles. The van der Waals surface area contributed by atoms with E-state index in [0.29, 0.717) is 23.6 Å². The fourth-order valence-electron chi connectivity index (χ4n) is 2.78. The molecule has 4 aromatic rings. The number of nitrogens with zero attached hydrogens (tertiary/aromatic N) is 4. The first-order valence-corrected chi connectivity index (χ1v) is 7.35. The van der Waals surface area contributed by atoms with Crippen molar-refractivity contribution in [2.45, 2.75) is 6.54 Å². The number of aromatic nitrogens is 4. The molecule has 2 aromatic carbocycles. The van der Waals surface area contributed by atoms with Gasteiger partial charge in [0.25, 0.3) is 0 Å². The number of rotatable bonds is 3. The average Bonchev–Trinajstić information content (AvgIpc) is 3.19. The van der Waals surface area contributed by atoms with Crippen molar-refractivity contribution < 1.29 is 9.20 Å². The lowest BCUT2D eigenvalue weighted by Crippen LogP contribution is -2.36. The minimum Gasteiger partial charge on any atom is -0.379 e. The molecule has 0 saturated carbocycles. The zero-order chi connectivity index (χ0) is 16.5. The lowest BCUT2D eigenvalue weighted by molar-refractivity contribution is -0.651. The summed E-state index contributed by atoms with van der Waals surface area (Å²) in [5.41, 5.74) is 9.75. The second-order valence-electron chi connectivity index (χ2n) is 5.34. The number of nitriles is 1. The minimum atomic E-state index is 0.212. The third-order valence-corrected chi connectivity index (χ3v) is 3.92. The van der Waals surface area contributed by atoms with Crippen LogP contribution in [0.15, 0.2) is 53.2 Å². The fourth-order valence-corrected chi connectivity index (χ4v) is 2.78. The van der Waals surface area contributed by atoms with Crippen LogP contribution >= 0.6 is 0 Å². The van der Waals surface area contributed by atoms with Crippen molar-refractivity contribution in [3.63, 3.8) is 0 Å². The summed E-state index contributed by atoms with van der Waals surface area (Å²) in [5.74, 6) is 0.895. The molecule has 4 rings (SSSR count). The molecule has 0 aliphatic rings. The van der Waals surface area contributed by atoms with E-state index in [9.17, 15) is 5.26 Å². The Morgan fingerprint density at radius 1 is 1.12 bits per heavy atom. The Bertz CT molecular complexity index is 1070. The molecule has 0 aliphatic heterocycles. The van der Waals surface area contributed by atoms with Gasteiger partial charge in [0.2, 0.25) is 11.5 Å². The normalized spacial score (nSPS) is 10.8. The summed E-state index contributed by atoms with van der Waals surface area (Å²) < 4.78 is 6.75. The average molecular weight is 317 g/mol. The van der Waals surface area contributed by atoms with E-state index in [1.807, 2.05) is 47.0 Å². The first-order chi connectivity index (χ1) is 11.8. The van der Waals surface area contributed by atoms with Gasteiger partial charge in [0, 0.05) is 5.56 Å². The van der Waals surface area contributed by atoms with Gasteiger partial charge in [-0.2, -0.15) is 5.26 Å². The predicted octanol–water partition coefficient (Wildman–Crippen LogP) is 2.01. The van der Waals surface area contributed by atoms with Crippen molar-refractivity contribution in [1.29, 1.82) is 5.26 Å². The van der Waals surface area contributed by atoms with Crippen LogP contribution in [0.4, 0.5) is 5.82 Å². The van der Waals surface area contributed by atoms with Crippen LogP contribution in [0.25, 0.3) is 22.6 Å². The van der Waals surface area contributed by atoms with Gasteiger partial charge in [0.05, 0.1) is 11.6 Å². The Hall–Kier alpha value is -3.66. The lowest BCUT2D eigenvalue weighted by Gasteiger charge is -2.03. The number of imidazole rings is 1. The molecule has 116 valence electrons. The lowest BCUT2D eigenvalue weighted by atomic mass is 10.1. The third kappa shape index (κ3) is 2.18. The third-order valence-electron chi connectivity index (χ3n) is 3.92. The van der Waals surface area contributed by atoms with Crippen molar-refractivity contribution in [3.05, 3.63) is 59.7 Å². The van der Waals surface area contributed by atoms with Gasteiger partial charge in [0.1, 0.15) is 6.54 Å². The smallest absolute Gasteiger partial charge is 0.314 e. The number of nitrogen functional groups attached to an aromatic ring is 1. The highest BCUT2D eigenvalue weighted by Gasteiger charge is 2.26. The van der Waals surface area contributed by atoms with Crippen LogP contribution in [0, 0.1) is 11.3 Å². The van der Waals surface area contributed by atoms with Gasteiger partial charge in [-0.15, -0.1) is 0 Å². The SMILES string of the molecule is N#Cc1ccccc1C[n+]1c(-c2nonc2N)[nH]c2ccccc21. The standard InChI is InChI=1S/C17H12N6O/c18-9-11-5-1-2-6-12(11)10-23-14-8-4-3-7-13(14)20-17(23)15-16(19)22-24-21-15/h1-8H,10H2,(H2,19,22)/p+1. The van der Waals surface area contributed by atoms with Gasteiger partial charge in [-0.1, -0.05) is 30.3 Å². The van der Waals surface area contributed by atoms with Crippen LogP contribution in [0.3, 0.4) is 0 Å². The van der Waals surface area contributed by atoms with Gasteiger partial charge in [-0.25, -0.2) is 14.2 Å². The minimum absolute atomic E-state index is 0.212. The van der Waals surface area contributed by atoms with Crippen LogP contribution in [-0.2, 0) is 6.54 Å². The number of H-pyrrole nitrogens is 1. The highest BCUT2D eigenvalue weighted by Crippen LogP contribution is 2.22. The number of hydrogen-bond acceptors (Lipinski definition) is 5. The number of aromatic amines is 1. The van der Waals surface area contributed by atoms with Crippen molar-refractivity contribution in [1.82, 2.24) is 15.3 Å².